The fourth-order valence-electron chi connectivity index (χ4n) is 5.10. The normalized spacial score (nSPS) is 17.7. The lowest BCUT2D eigenvalue weighted by atomic mass is 9.97. The number of benzene rings is 1. The number of halogens is 5. The summed E-state index contributed by atoms with van der Waals surface area (Å²) in [4.78, 5) is 35.3. The summed E-state index contributed by atoms with van der Waals surface area (Å²) in [6.45, 7) is -1.28. The first-order valence-corrected chi connectivity index (χ1v) is 13.7. The van der Waals surface area contributed by atoms with Crippen LogP contribution in [0.1, 0.15) is 44.5 Å². The van der Waals surface area contributed by atoms with Crippen molar-refractivity contribution in [2.75, 3.05) is 10.3 Å². The molecule has 3 aromatic heterocycles. The molecule has 2 bridgehead atoms. The van der Waals surface area contributed by atoms with E-state index in [1.54, 1.807) is 25.1 Å². The maximum Gasteiger partial charge on any atom is 0.432 e. The Hall–Kier alpha value is -5.12. The summed E-state index contributed by atoms with van der Waals surface area (Å²) in [6.07, 6.45) is 0.865. The van der Waals surface area contributed by atoms with Crippen molar-refractivity contribution < 1.29 is 26.7 Å². The number of pyridine rings is 1. The minimum atomic E-state index is -4.80. The van der Waals surface area contributed by atoms with Crippen molar-refractivity contribution in [3.63, 3.8) is 0 Å². The Morgan fingerprint density at radius 3 is 2.60 bits per heavy atom. The zero-order chi connectivity index (χ0) is 32.5. The lowest BCUT2D eigenvalue weighted by Crippen LogP contribution is -2.30. The smallest absolute Gasteiger partial charge is 0.393 e. The molecular formula is C29H28F5N9O2. The van der Waals surface area contributed by atoms with Crippen molar-refractivity contribution in [2.24, 2.45) is 17.5 Å². The van der Waals surface area contributed by atoms with Crippen molar-refractivity contribution in [2.45, 2.75) is 45.0 Å². The summed E-state index contributed by atoms with van der Waals surface area (Å²) in [5.41, 5.74) is 4.48. The van der Waals surface area contributed by atoms with Gasteiger partial charge in [-0.2, -0.15) is 27.1 Å². The number of amides is 1. The van der Waals surface area contributed by atoms with Gasteiger partial charge in [0.2, 0.25) is 5.91 Å². The SMILES string of the molecule is CC1CCCC(n2cnc(-c3ccccc3N(N)/C=C(\N)C(F)(F)F)cc2=O)c2cc(ccn2)-c2c(cnn2C(F)F)NC1=O. The Morgan fingerprint density at radius 1 is 1.13 bits per heavy atom. The summed E-state index contributed by atoms with van der Waals surface area (Å²) in [5, 5.41) is 7.16. The zero-order valence-electron chi connectivity index (χ0n) is 23.7. The molecule has 5 N–H and O–H groups in total. The highest BCUT2D eigenvalue weighted by molar-refractivity contribution is 5.95. The summed E-state index contributed by atoms with van der Waals surface area (Å²) < 4.78 is 68.6. The largest absolute Gasteiger partial charge is 0.432 e. The molecule has 0 fully saturated rings. The van der Waals surface area contributed by atoms with Crippen LogP contribution in [0.4, 0.5) is 33.3 Å². The number of hydrogen-bond donors (Lipinski definition) is 3. The number of carbonyl (C=O) groups is 1. The molecule has 0 saturated heterocycles. The lowest BCUT2D eigenvalue weighted by Gasteiger charge is -2.23. The predicted octanol–water partition coefficient (Wildman–Crippen LogP) is 4.95. The van der Waals surface area contributed by atoms with Gasteiger partial charge in [0.1, 0.15) is 5.70 Å². The third-order valence-electron chi connectivity index (χ3n) is 7.43. The third kappa shape index (κ3) is 6.55. The zero-order valence-corrected chi connectivity index (χ0v) is 23.7. The number of hydrazine groups is 1. The first kappa shape index (κ1) is 31.3. The molecule has 45 heavy (non-hydrogen) atoms. The highest BCUT2D eigenvalue weighted by atomic mass is 19.4. The minimum absolute atomic E-state index is 0.0162. The molecule has 4 aromatic rings. The minimum Gasteiger partial charge on any atom is -0.393 e. The second-order valence-corrected chi connectivity index (χ2v) is 10.5. The van der Waals surface area contributed by atoms with E-state index in [4.69, 9.17) is 11.6 Å². The van der Waals surface area contributed by atoms with Crippen molar-refractivity contribution in [1.29, 1.82) is 0 Å². The number of nitrogens with one attached hydrogen (secondary N) is 1. The molecule has 0 saturated carbocycles. The molecule has 1 aliphatic rings. The number of allylic oxidation sites excluding steroid dienone is 1. The Kier molecular flexibility index (Phi) is 8.68. The van der Waals surface area contributed by atoms with Gasteiger partial charge in [0.25, 0.3) is 5.56 Å². The van der Waals surface area contributed by atoms with Gasteiger partial charge in [-0.1, -0.05) is 31.5 Å². The van der Waals surface area contributed by atoms with Crippen LogP contribution in [-0.2, 0) is 4.79 Å². The Morgan fingerprint density at radius 2 is 1.89 bits per heavy atom. The maximum absolute atomic E-state index is 13.9. The number of nitrogens with zero attached hydrogens (tertiary/aromatic N) is 6. The number of alkyl halides is 5. The Balaban J connectivity index is 1.57. The molecule has 2 unspecified atom stereocenters. The van der Waals surface area contributed by atoms with Gasteiger partial charge >= 0.3 is 12.7 Å². The summed E-state index contributed by atoms with van der Waals surface area (Å²) in [6, 6.07) is 9.71. The van der Waals surface area contributed by atoms with E-state index in [2.05, 4.69) is 20.4 Å². The molecule has 236 valence electrons. The maximum atomic E-state index is 13.9. The van der Waals surface area contributed by atoms with E-state index < -0.39 is 35.9 Å². The van der Waals surface area contributed by atoms with Gasteiger partial charge in [0.05, 0.1) is 47.0 Å². The molecule has 2 atom stereocenters. The van der Waals surface area contributed by atoms with E-state index in [1.165, 1.54) is 41.4 Å². The van der Waals surface area contributed by atoms with Crippen molar-refractivity contribution in [3.8, 4) is 22.5 Å². The first-order valence-electron chi connectivity index (χ1n) is 13.7. The van der Waals surface area contributed by atoms with Gasteiger partial charge in [-0.15, -0.1) is 0 Å². The first-order chi connectivity index (χ1) is 21.3. The monoisotopic (exact) mass is 629 g/mol. The van der Waals surface area contributed by atoms with E-state index >= 15 is 0 Å². The number of anilines is 2. The second kappa shape index (κ2) is 12.5. The molecule has 11 nitrogen and oxygen atoms in total. The average molecular weight is 630 g/mol. The number of hydrogen-bond acceptors (Lipinski definition) is 8. The Bertz CT molecular complexity index is 1800. The number of para-hydroxylation sites is 1. The highest BCUT2D eigenvalue weighted by Crippen LogP contribution is 2.35. The summed E-state index contributed by atoms with van der Waals surface area (Å²) in [7, 11) is 0. The van der Waals surface area contributed by atoms with Crippen LogP contribution in [0.25, 0.3) is 22.5 Å². The third-order valence-corrected chi connectivity index (χ3v) is 7.43. The van der Waals surface area contributed by atoms with Crippen molar-refractivity contribution >= 4 is 17.3 Å². The second-order valence-electron chi connectivity index (χ2n) is 10.5. The van der Waals surface area contributed by atoms with Gasteiger partial charge < -0.3 is 11.1 Å². The Labute approximate surface area is 253 Å². The number of rotatable bonds is 5. The van der Waals surface area contributed by atoms with Crippen molar-refractivity contribution in [3.05, 3.63) is 89.1 Å². The number of aromatic nitrogens is 5. The standard InChI is InChI=1S/C29H28F5N9O2/c1-16-5-4-8-23(20-11-17(9-10-37-20)26-21(40-27(16)45)13-39-43(26)28(30)31)41-15-38-19(12-25(41)44)18-6-2-3-7-22(18)42(36)14-24(35)29(32,33)34/h2-3,6-7,9-16,23,28H,4-5,8,35-36H2,1H3,(H,40,45)/b24-14-. The van der Waals surface area contributed by atoms with Gasteiger partial charge in [0, 0.05) is 35.5 Å². The van der Waals surface area contributed by atoms with Crippen LogP contribution in [0.2, 0.25) is 0 Å². The van der Waals surface area contributed by atoms with Crippen LogP contribution in [0.3, 0.4) is 0 Å². The molecule has 1 aromatic carbocycles. The fourth-order valence-corrected chi connectivity index (χ4v) is 5.10. The van der Waals surface area contributed by atoms with Gasteiger partial charge in [-0.3, -0.25) is 24.1 Å². The molecular weight excluding hydrogens is 601 g/mol. The summed E-state index contributed by atoms with van der Waals surface area (Å²) >= 11 is 0. The van der Waals surface area contributed by atoms with Gasteiger partial charge in [-0.05, 0) is 31.0 Å². The number of carbonyl (C=O) groups excluding carboxylic acids is 1. The molecule has 1 aliphatic heterocycles. The molecule has 0 radical (unpaired) electrons. The lowest BCUT2D eigenvalue weighted by molar-refractivity contribution is -0.119. The fraction of sp³-hybridized carbons (Fsp3) is 0.276. The number of nitrogens with two attached hydrogens (primary N) is 2. The van der Waals surface area contributed by atoms with Crippen LogP contribution in [0.5, 0.6) is 0 Å². The molecule has 0 aliphatic carbocycles. The van der Waals surface area contributed by atoms with E-state index in [1.807, 2.05) is 0 Å². The van der Waals surface area contributed by atoms with Crippen LogP contribution in [0, 0.1) is 5.92 Å². The van der Waals surface area contributed by atoms with Crippen LogP contribution in [-0.4, -0.2) is 36.4 Å². The molecule has 5 rings (SSSR count). The number of fused-ring (bicyclic) bond motifs is 4. The van der Waals surface area contributed by atoms with Crippen molar-refractivity contribution in [1.82, 2.24) is 24.3 Å². The molecule has 0 spiro atoms. The molecule has 4 heterocycles. The summed E-state index contributed by atoms with van der Waals surface area (Å²) in [5.74, 6) is 5.05. The molecule has 16 heteroatoms. The predicted molar refractivity (Wildman–Crippen MR) is 155 cm³/mol. The van der Waals surface area contributed by atoms with Crippen LogP contribution >= 0.6 is 0 Å². The average Bonchev–Trinajstić information content (AvgIpc) is 3.42. The van der Waals surface area contributed by atoms with E-state index in [-0.39, 0.29) is 34.2 Å². The van der Waals surface area contributed by atoms with Crippen LogP contribution < -0.4 is 27.5 Å². The molecule has 1 amide bonds. The van der Waals surface area contributed by atoms with E-state index in [0.717, 1.165) is 6.20 Å². The van der Waals surface area contributed by atoms with E-state index in [9.17, 15) is 31.5 Å². The quantitative estimate of drug-likeness (QED) is 0.159. The van der Waals surface area contributed by atoms with Gasteiger partial charge in [0.15, 0.2) is 0 Å². The highest BCUT2D eigenvalue weighted by Gasteiger charge is 2.32. The topological polar surface area (TPSA) is 150 Å². The van der Waals surface area contributed by atoms with E-state index in [0.29, 0.717) is 46.4 Å². The van der Waals surface area contributed by atoms with Crippen LogP contribution in [0.15, 0.2) is 77.9 Å². The van der Waals surface area contributed by atoms with Gasteiger partial charge in [-0.25, -0.2) is 15.5 Å².